The zero-order valence-corrected chi connectivity index (χ0v) is 21.0. The quantitative estimate of drug-likeness (QED) is 0.599. The first kappa shape index (κ1) is 23.3. The number of aromatic nitrogens is 1. The van der Waals surface area contributed by atoms with Crippen LogP contribution in [0.5, 0.6) is 0 Å². The molecule has 0 bridgehead atoms. The lowest BCUT2D eigenvalue weighted by molar-refractivity contribution is -0.112. The van der Waals surface area contributed by atoms with E-state index in [9.17, 15) is 13.2 Å². The van der Waals surface area contributed by atoms with Crippen molar-refractivity contribution >= 4 is 33.3 Å². The van der Waals surface area contributed by atoms with Crippen molar-refractivity contribution in [3.8, 4) is 0 Å². The van der Waals surface area contributed by atoms with Gasteiger partial charge in [-0.05, 0) is 69.5 Å². The highest BCUT2D eigenvalue weighted by atomic mass is 32.2. The molecule has 1 aliphatic carbocycles. The summed E-state index contributed by atoms with van der Waals surface area (Å²) in [5.41, 5.74) is 5.41. The van der Waals surface area contributed by atoms with E-state index in [4.69, 9.17) is 4.74 Å². The second-order valence-electron chi connectivity index (χ2n) is 9.44. The van der Waals surface area contributed by atoms with Crippen molar-refractivity contribution in [3.05, 3.63) is 46.8 Å². The van der Waals surface area contributed by atoms with Crippen LogP contribution in [0.4, 0.5) is 5.69 Å². The van der Waals surface area contributed by atoms with E-state index in [1.54, 1.807) is 23.1 Å². The van der Waals surface area contributed by atoms with Crippen LogP contribution in [0, 0.1) is 13.8 Å². The molecule has 3 aliphatic rings. The molecule has 0 radical (unpaired) electrons. The maximum Gasteiger partial charge on any atom is 0.258 e. The van der Waals surface area contributed by atoms with Gasteiger partial charge in [0.15, 0.2) is 0 Å². The van der Waals surface area contributed by atoms with Gasteiger partial charge in [0.2, 0.25) is 10.0 Å². The van der Waals surface area contributed by atoms with Crippen LogP contribution < -0.4 is 4.90 Å². The van der Waals surface area contributed by atoms with E-state index in [0.29, 0.717) is 50.0 Å². The van der Waals surface area contributed by atoms with Crippen LogP contribution >= 0.6 is 0 Å². The number of nitrogens with zero attached hydrogens (tertiary/aromatic N) is 3. The van der Waals surface area contributed by atoms with Gasteiger partial charge < -0.3 is 14.2 Å². The Morgan fingerprint density at radius 2 is 1.79 bits per heavy atom. The van der Waals surface area contributed by atoms with Crippen molar-refractivity contribution in [1.29, 1.82) is 0 Å². The summed E-state index contributed by atoms with van der Waals surface area (Å²) in [4.78, 5) is 15.3. The number of ether oxygens (including phenoxy) is 1. The van der Waals surface area contributed by atoms with Gasteiger partial charge in [0.05, 0.1) is 23.8 Å². The molecule has 0 unspecified atom stereocenters. The van der Waals surface area contributed by atoms with Gasteiger partial charge >= 0.3 is 0 Å². The van der Waals surface area contributed by atoms with E-state index in [2.05, 4.69) is 24.5 Å². The van der Waals surface area contributed by atoms with Gasteiger partial charge in [-0.25, -0.2) is 8.42 Å². The number of fused-ring (bicyclic) bond motifs is 1. The summed E-state index contributed by atoms with van der Waals surface area (Å²) < 4.78 is 35.8. The number of amides is 1. The molecule has 1 aromatic carbocycles. The number of likely N-dealkylation sites (N-methyl/N-ethyl adjacent to an activating group) is 1. The predicted molar refractivity (Wildman–Crippen MR) is 133 cm³/mol. The number of carbonyl (C=O) groups is 1. The lowest BCUT2D eigenvalue weighted by Crippen LogP contribution is -2.40. The standard InChI is InChI=1S/C26H33N3O4S/c1-4-28-25-10-9-22(34(31,32)27-11-13-33-14-12-27)17-23(25)24(26(28)30)16-20-15-18(2)29(19(20)3)21-7-5-6-8-21/h9-10,15-17,21H,4-8,11-14H2,1-3H3/b24-16-. The monoisotopic (exact) mass is 483 g/mol. The van der Waals surface area contributed by atoms with E-state index in [1.165, 1.54) is 41.4 Å². The average Bonchev–Trinajstić information content (AvgIpc) is 3.52. The predicted octanol–water partition coefficient (Wildman–Crippen LogP) is 4.15. The molecule has 5 rings (SSSR count). The van der Waals surface area contributed by atoms with E-state index < -0.39 is 10.0 Å². The zero-order valence-electron chi connectivity index (χ0n) is 20.2. The van der Waals surface area contributed by atoms with Crippen molar-refractivity contribution < 1.29 is 17.9 Å². The summed E-state index contributed by atoms with van der Waals surface area (Å²) in [7, 11) is -3.65. The third kappa shape index (κ3) is 3.82. The molecule has 0 N–H and O–H groups in total. The molecule has 0 atom stereocenters. The number of hydrogen-bond donors (Lipinski definition) is 0. The number of carbonyl (C=O) groups excluding carboxylic acids is 1. The van der Waals surface area contributed by atoms with Crippen LogP contribution in [-0.4, -0.2) is 56.0 Å². The minimum Gasteiger partial charge on any atom is -0.379 e. The smallest absolute Gasteiger partial charge is 0.258 e. The molecule has 182 valence electrons. The summed E-state index contributed by atoms with van der Waals surface area (Å²) in [6.07, 6.45) is 6.86. The number of anilines is 1. The Kier molecular flexibility index (Phi) is 6.16. The molecule has 8 heteroatoms. The summed E-state index contributed by atoms with van der Waals surface area (Å²) >= 11 is 0. The van der Waals surface area contributed by atoms with Crippen LogP contribution in [0.2, 0.25) is 0 Å². The van der Waals surface area contributed by atoms with Crippen LogP contribution in [0.15, 0.2) is 29.2 Å². The Balaban J connectivity index is 1.58. The highest BCUT2D eigenvalue weighted by molar-refractivity contribution is 7.89. The molecule has 1 saturated carbocycles. The molecule has 1 amide bonds. The van der Waals surface area contributed by atoms with Gasteiger partial charge in [-0.2, -0.15) is 4.31 Å². The van der Waals surface area contributed by atoms with Gasteiger partial charge in [0, 0.05) is 48.2 Å². The van der Waals surface area contributed by atoms with E-state index in [0.717, 1.165) is 11.3 Å². The lowest BCUT2D eigenvalue weighted by Gasteiger charge is -2.26. The largest absolute Gasteiger partial charge is 0.379 e. The highest BCUT2D eigenvalue weighted by Crippen LogP contribution is 2.41. The SMILES string of the molecule is CCN1C(=O)/C(=C\c2cc(C)n(C3CCCC3)c2C)c2cc(S(=O)(=O)N3CCOCC3)ccc21. The molecule has 2 aliphatic heterocycles. The lowest BCUT2D eigenvalue weighted by atomic mass is 10.0. The van der Waals surface area contributed by atoms with E-state index in [1.807, 2.05) is 13.0 Å². The van der Waals surface area contributed by atoms with Crippen molar-refractivity contribution in [2.45, 2.75) is 57.4 Å². The molecule has 1 aromatic heterocycles. The summed E-state index contributed by atoms with van der Waals surface area (Å²) in [5, 5.41) is 0. The molecule has 2 aromatic rings. The Labute approximate surface area is 202 Å². The summed E-state index contributed by atoms with van der Waals surface area (Å²) in [6, 6.07) is 7.74. The second-order valence-corrected chi connectivity index (χ2v) is 11.4. The fourth-order valence-electron chi connectivity index (χ4n) is 5.71. The average molecular weight is 484 g/mol. The zero-order chi connectivity index (χ0) is 24.0. The molecule has 0 spiro atoms. The maximum absolute atomic E-state index is 13.4. The van der Waals surface area contributed by atoms with Crippen molar-refractivity contribution in [1.82, 2.24) is 8.87 Å². The third-order valence-electron chi connectivity index (χ3n) is 7.46. The van der Waals surface area contributed by atoms with Gasteiger partial charge in [-0.1, -0.05) is 12.8 Å². The van der Waals surface area contributed by atoms with E-state index in [-0.39, 0.29) is 10.8 Å². The number of hydrogen-bond acceptors (Lipinski definition) is 4. The Bertz CT molecular complexity index is 1250. The maximum atomic E-state index is 13.4. The van der Waals surface area contributed by atoms with Gasteiger partial charge in [0.1, 0.15) is 0 Å². The molecule has 7 nitrogen and oxygen atoms in total. The van der Waals surface area contributed by atoms with Crippen LogP contribution in [0.25, 0.3) is 11.6 Å². The van der Waals surface area contributed by atoms with E-state index >= 15 is 0 Å². The Morgan fingerprint density at radius 3 is 2.47 bits per heavy atom. The number of sulfonamides is 1. The minimum atomic E-state index is -3.65. The molecular formula is C26H33N3O4S. The molecule has 2 fully saturated rings. The summed E-state index contributed by atoms with van der Waals surface area (Å²) in [5.74, 6) is -0.0795. The highest BCUT2D eigenvalue weighted by Gasteiger charge is 2.34. The second kappa shape index (κ2) is 8.98. The number of aryl methyl sites for hydroxylation is 1. The van der Waals surface area contributed by atoms with Crippen LogP contribution in [0.1, 0.15) is 61.2 Å². The first-order valence-corrected chi connectivity index (χ1v) is 13.7. The van der Waals surface area contributed by atoms with Gasteiger partial charge in [-0.3, -0.25) is 4.79 Å². The van der Waals surface area contributed by atoms with Crippen molar-refractivity contribution in [2.24, 2.45) is 0 Å². The number of benzene rings is 1. The first-order valence-electron chi connectivity index (χ1n) is 12.3. The number of rotatable bonds is 5. The molecule has 34 heavy (non-hydrogen) atoms. The van der Waals surface area contributed by atoms with Crippen molar-refractivity contribution in [3.63, 3.8) is 0 Å². The molecule has 1 saturated heterocycles. The Hall–Kier alpha value is -2.42. The van der Waals surface area contributed by atoms with Crippen molar-refractivity contribution in [2.75, 3.05) is 37.7 Å². The first-order chi connectivity index (χ1) is 16.3. The van der Waals surface area contributed by atoms with Gasteiger partial charge in [0.25, 0.3) is 5.91 Å². The number of morpholine rings is 1. The molecular weight excluding hydrogens is 450 g/mol. The fraction of sp³-hybridized carbons (Fsp3) is 0.500. The van der Waals surface area contributed by atoms with Crippen LogP contribution in [0.3, 0.4) is 0 Å². The topological polar surface area (TPSA) is 71.9 Å². The van der Waals surface area contributed by atoms with Gasteiger partial charge in [-0.15, -0.1) is 0 Å². The normalized spacial score (nSPS) is 21.1. The molecule has 3 heterocycles. The minimum absolute atomic E-state index is 0.0795. The summed E-state index contributed by atoms with van der Waals surface area (Å²) in [6.45, 7) is 8.19. The Morgan fingerprint density at radius 1 is 1.09 bits per heavy atom. The third-order valence-corrected chi connectivity index (χ3v) is 9.36. The van der Waals surface area contributed by atoms with Crippen LogP contribution in [-0.2, 0) is 19.6 Å². The fourth-order valence-corrected chi connectivity index (χ4v) is 7.15.